The predicted molar refractivity (Wildman–Crippen MR) is 105 cm³/mol. The van der Waals surface area contributed by atoms with E-state index >= 15 is 0 Å². The SMILES string of the molecule is Cl.Cl.NC[C@H]1CCC[C@H]1C(=O)NC1CCN(Cc2ccncc2)CC1. The van der Waals surface area contributed by atoms with Gasteiger partial charge < -0.3 is 11.1 Å². The highest BCUT2D eigenvalue weighted by Crippen LogP contribution is 2.31. The summed E-state index contributed by atoms with van der Waals surface area (Å²) in [6.07, 6.45) is 9.03. The van der Waals surface area contributed by atoms with Crippen LogP contribution in [0.3, 0.4) is 0 Å². The van der Waals surface area contributed by atoms with Crippen molar-refractivity contribution >= 4 is 30.7 Å². The predicted octanol–water partition coefficient (Wildman–Crippen LogP) is 2.38. The van der Waals surface area contributed by atoms with Gasteiger partial charge in [-0.05, 0) is 55.8 Å². The highest BCUT2D eigenvalue weighted by molar-refractivity contribution is 5.85. The number of piperidine rings is 1. The molecule has 1 aromatic rings. The molecule has 0 radical (unpaired) electrons. The number of amides is 1. The lowest BCUT2D eigenvalue weighted by Gasteiger charge is -2.33. The van der Waals surface area contributed by atoms with Gasteiger partial charge in [-0.3, -0.25) is 14.7 Å². The molecule has 5 nitrogen and oxygen atoms in total. The smallest absolute Gasteiger partial charge is 0.223 e. The number of rotatable bonds is 5. The molecule has 3 rings (SSSR count). The number of nitrogens with one attached hydrogen (secondary N) is 1. The van der Waals surface area contributed by atoms with Crippen molar-refractivity contribution < 1.29 is 4.79 Å². The molecule has 25 heavy (non-hydrogen) atoms. The van der Waals surface area contributed by atoms with E-state index in [0.717, 1.165) is 51.7 Å². The third-order valence-corrected chi connectivity index (χ3v) is 5.39. The molecule has 0 bridgehead atoms. The summed E-state index contributed by atoms with van der Waals surface area (Å²) in [6.45, 7) is 3.69. The van der Waals surface area contributed by atoms with Crippen LogP contribution in [0.5, 0.6) is 0 Å². The fourth-order valence-electron chi connectivity index (χ4n) is 3.95. The maximum atomic E-state index is 12.5. The zero-order valence-corrected chi connectivity index (χ0v) is 16.2. The topological polar surface area (TPSA) is 71.2 Å². The van der Waals surface area contributed by atoms with Crippen LogP contribution in [0.2, 0.25) is 0 Å². The molecule has 1 amide bonds. The van der Waals surface area contributed by atoms with Crippen molar-refractivity contribution in [1.82, 2.24) is 15.2 Å². The molecule has 3 N–H and O–H groups in total. The second kappa shape index (κ2) is 11.0. The maximum absolute atomic E-state index is 12.5. The van der Waals surface area contributed by atoms with Gasteiger partial charge in [0.2, 0.25) is 5.91 Å². The molecule has 2 heterocycles. The van der Waals surface area contributed by atoms with Crippen molar-refractivity contribution in [2.75, 3.05) is 19.6 Å². The molecule has 1 aliphatic carbocycles. The Bertz CT molecular complexity index is 509. The van der Waals surface area contributed by atoms with Crippen LogP contribution in [0.1, 0.15) is 37.7 Å². The second-order valence-corrected chi connectivity index (χ2v) is 6.95. The summed E-state index contributed by atoms with van der Waals surface area (Å²) in [7, 11) is 0. The Labute approximate surface area is 163 Å². The first-order chi connectivity index (χ1) is 11.3. The Morgan fingerprint density at radius 3 is 2.48 bits per heavy atom. The second-order valence-electron chi connectivity index (χ2n) is 6.95. The van der Waals surface area contributed by atoms with Gasteiger partial charge in [-0.15, -0.1) is 24.8 Å². The van der Waals surface area contributed by atoms with E-state index in [4.69, 9.17) is 5.73 Å². The number of pyridine rings is 1. The monoisotopic (exact) mass is 388 g/mol. The van der Waals surface area contributed by atoms with Gasteiger partial charge in [0.05, 0.1) is 0 Å². The van der Waals surface area contributed by atoms with Gasteiger partial charge in [-0.2, -0.15) is 0 Å². The van der Waals surface area contributed by atoms with Gasteiger partial charge in [0.25, 0.3) is 0 Å². The normalized spacial score (nSPS) is 24.2. The van der Waals surface area contributed by atoms with Crippen molar-refractivity contribution in [2.24, 2.45) is 17.6 Å². The summed E-state index contributed by atoms with van der Waals surface area (Å²) in [4.78, 5) is 19.0. The minimum absolute atomic E-state index is 0. The standard InChI is InChI=1S/C18H28N4O.2ClH/c19-12-15-2-1-3-17(15)18(23)21-16-6-10-22(11-7-16)13-14-4-8-20-9-5-14;;/h4-5,8-9,15-17H,1-3,6-7,10-13,19H2,(H,21,23);2*1H/t15-,17-;;/m1../s1. The molecule has 1 aliphatic heterocycles. The van der Waals surface area contributed by atoms with Crippen molar-refractivity contribution in [2.45, 2.75) is 44.7 Å². The Hall–Kier alpha value is -0.880. The Morgan fingerprint density at radius 2 is 1.84 bits per heavy atom. The first-order valence-electron chi connectivity index (χ1n) is 8.88. The fourth-order valence-corrected chi connectivity index (χ4v) is 3.95. The molecular formula is C18H30Cl2N4O. The number of likely N-dealkylation sites (tertiary alicyclic amines) is 1. The van der Waals surface area contributed by atoms with E-state index in [-0.39, 0.29) is 36.6 Å². The molecule has 0 spiro atoms. The first-order valence-corrected chi connectivity index (χ1v) is 8.88. The summed E-state index contributed by atoms with van der Waals surface area (Å²) >= 11 is 0. The summed E-state index contributed by atoms with van der Waals surface area (Å²) in [5.74, 6) is 0.780. The number of carbonyl (C=O) groups is 1. The van der Waals surface area contributed by atoms with E-state index in [2.05, 4.69) is 27.3 Å². The minimum atomic E-state index is 0. The van der Waals surface area contributed by atoms with Crippen LogP contribution in [-0.2, 0) is 11.3 Å². The first kappa shape index (κ1) is 22.2. The van der Waals surface area contributed by atoms with Crippen LogP contribution in [0.15, 0.2) is 24.5 Å². The van der Waals surface area contributed by atoms with E-state index < -0.39 is 0 Å². The zero-order valence-electron chi connectivity index (χ0n) is 14.6. The Kier molecular flexibility index (Phi) is 9.72. The van der Waals surface area contributed by atoms with Gasteiger partial charge in [0, 0.05) is 44.0 Å². The molecule has 0 aromatic carbocycles. The van der Waals surface area contributed by atoms with Crippen LogP contribution < -0.4 is 11.1 Å². The molecule has 1 saturated carbocycles. The highest BCUT2D eigenvalue weighted by atomic mass is 35.5. The largest absolute Gasteiger partial charge is 0.353 e. The maximum Gasteiger partial charge on any atom is 0.223 e. The van der Waals surface area contributed by atoms with Gasteiger partial charge in [-0.1, -0.05) is 6.42 Å². The van der Waals surface area contributed by atoms with Crippen LogP contribution in [0.4, 0.5) is 0 Å². The zero-order chi connectivity index (χ0) is 16.1. The van der Waals surface area contributed by atoms with Crippen molar-refractivity contribution in [3.8, 4) is 0 Å². The third kappa shape index (κ3) is 6.10. The molecule has 2 aliphatic rings. The fraction of sp³-hybridized carbons (Fsp3) is 0.667. The van der Waals surface area contributed by atoms with Crippen molar-refractivity contribution in [1.29, 1.82) is 0 Å². The molecule has 7 heteroatoms. The summed E-state index contributed by atoms with van der Waals surface area (Å²) < 4.78 is 0. The van der Waals surface area contributed by atoms with E-state index in [0.29, 0.717) is 18.5 Å². The molecular weight excluding hydrogens is 359 g/mol. The van der Waals surface area contributed by atoms with Crippen molar-refractivity contribution in [3.63, 3.8) is 0 Å². The van der Waals surface area contributed by atoms with Crippen LogP contribution in [0, 0.1) is 11.8 Å². The minimum Gasteiger partial charge on any atom is -0.353 e. The molecule has 2 fully saturated rings. The van der Waals surface area contributed by atoms with E-state index in [1.54, 1.807) is 0 Å². The van der Waals surface area contributed by atoms with Gasteiger partial charge >= 0.3 is 0 Å². The molecule has 2 atom stereocenters. The lowest BCUT2D eigenvalue weighted by Crippen LogP contribution is -2.47. The number of halogens is 2. The number of carbonyl (C=O) groups excluding carboxylic acids is 1. The molecule has 1 saturated heterocycles. The number of aromatic nitrogens is 1. The number of nitrogens with two attached hydrogens (primary N) is 1. The molecule has 0 unspecified atom stereocenters. The van der Waals surface area contributed by atoms with Crippen LogP contribution in [0.25, 0.3) is 0 Å². The van der Waals surface area contributed by atoms with Crippen LogP contribution in [-0.4, -0.2) is 41.5 Å². The number of hydrogen-bond acceptors (Lipinski definition) is 4. The van der Waals surface area contributed by atoms with Crippen LogP contribution >= 0.6 is 24.8 Å². The Balaban J connectivity index is 0.00000156. The number of hydrogen-bond donors (Lipinski definition) is 2. The molecule has 1 aromatic heterocycles. The van der Waals surface area contributed by atoms with Gasteiger partial charge in [-0.25, -0.2) is 0 Å². The summed E-state index contributed by atoms with van der Waals surface area (Å²) in [5, 5.41) is 3.28. The lowest BCUT2D eigenvalue weighted by molar-refractivity contribution is -0.127. The van der Waals surface area contributed by atoms with E-state index in [9.17, 15) is 4.79 Å². The third-order valence-electron chi connectivity index (χ3n) is 5.39. The van der Waals surface area contributed by atoms with Gasteiger partial charge in [0.1, 0.15) is 0 Å². The molecule has 142 valence electrons. The quantitative estimate of drug-likeness (QED) is 0.811. The average molecular weight is 389 g/mol. The van der Waals surface area contributed by atoms with Crippen molar-refractivity contribution in [3.05, 3.63) is 30.1 Å². The average Bonchev–Trinajstić information content (AvgIpc) is 3.06. The van der Waals surface area contributed by atoms with Gasteiger partial charge in [0.15, 0.2) is 0 Å². The highest BCUT2D eigenvalue weighted by Gasteiger charge is 2.33. The summed E-state index contributed by atoms with van der Waals surface area (Å²) in [5.41, 5.74) is 7.10. The van der Waals surface area contributed by atoms with E-state index in [1.807, 2.05) is 12.4 Å². The van der Waals surface area contributed by atoms with E-state index in [1.165, 1.54) is 5.56 Å². The number of nitrogens with zero attached hydrogens (tertiary/aromatic N) is 2. The Morgan fingerprint density at radius 1 is 1.16 bits per heavy atom. The summed E-state index contributed by atoms with van der Waals surface area (Å²) in [6, 6.07) is 4.47. The lowest BCUT2D eigenvalue weighted by atomic mass is 9.94.